The Morgan fingerprint density at radius 2 is 1.74 bits per heavy atom. The van der Waals surface area contributed by atoms with E-state index in [1.807, 2.05) is 30.3 Å². The van der Waals surface area contributed by atoms with E-state index in [0.29, 0.717) is 10.6 Å². The summed E-state index contributed by atoms with van der Waals surface area (Å²) in [6, 6.07) is 16.3. The maximum Gasteiger partial charge on any atom is 0.271 e. The molecule has 0 saturated heterocycles. The van der Waals surface area contributed by atoms with E-state index in [2.05, 4.69) is 10.5 Å². The molecule has 0 aromatic heterocycles. The van der Waals surface area contributed by atoms with Gasteiger partial charge >= 0.3 is 0 Å². The average molecular weight is 368 g/mol. The maximum atomic E-state index is 11.9. The molecule has 0 heterocycles. The normalized spacial score (nSPS) is 22.0. The number of nitrogens with one attached hydrogen (secondary N) is 1. The molecular formula is C17H13Cl3N2O. The lowest BCUT2D eigenvalue weighted by Gasteiger charge is -1.99. The van der Waals surface area contributed by atoms with Gasteiger partial charge in [-0.25, -0.2) is 5.43 Å². The third-order valence-electron chi connectivity index (χ3n) is 3.78. The van der Waals surface area contributed by atoms with Crippen molar-refractivity contribution in [3.05, 3.63) is 70.7 Å². The number of hydrazone groups is 1. The third-order valence-corrected chi connectivity index (χ3v) is 5.00. The Kier molecular flexibility index (Phi) is 4.62. The standard InChI is InChI=1S/C17H13Cl3N2O/c18-13-8-6-12(7-9-13)16(23)22-21-10-14-15(17(14,19)20)11-4-2-1-3-5-11/h1-10,14-15H,(H,22,23)/b21-10-/t14-,15+/m1/s1. The van der Waals surface area contributed by atoms with E-state index in [1.165, 1.54) is 0 Å². The highest BCUT2D eigenvalue weighted by Crippen LogP contribution is 2.63. The van der Waals surface area contributed by atoms with Gasteiger partial charge in [0.25, 0.3) is 5.91 Å². The Balaban J connectivity index is 1.62. The van der Waals surface area contributed by atoms with E-state index < -0.39 is 4.33 Å². The summed E-state index contributed by atoms with van der Waals surface area (Å²) >= 11 is 18.4. The first-order valence-electron chi connectivity index (χ1n) is 7.02. The maximum absolute atomic E-state index is 11.9. The van der Waals surface area contributed by atoms with Crippen LogP contribution in [0.4, 0.5) is 0 Å². The van der Waals surface area contributed by atoms with Gasteiger partial charge in [0, 0.05) is 28.6 Å². The summed E-state index contributed by atoms with van der Waals surface area (Å²) in [6.07, 6.45) is 1.59. The molecule has 1 aliphatic carbocycles. The lowest BCUT2D eigenvalue weighted by molar-refractivity contribution is 0.0955. The minimum Gasteiger partial charge on any atom is -0.267 e. The Hall–Kier alpha value is -1.55. The minimum atomic E-state index is -0.893. The lowest BCUT2D eigenvalue weighted by atomic mass is 10.1. The minimum absolute atomic E-state index is 0.0248. The number of carbonyl (C=O) groups excluding carboxylic acids is 1. The smallest absolute Gasteiger partial charge is 0.267 e. The number of amides is 1. The molecule has 6 heteroatoms. The van der Waals surface area contributed by atoms with Crippen LogP contribution in [0.5, 0.6) is 0 Å². The number of hydrogen-bond acceptors (Lipinski definition) is 2. The molecule has 2 aromatic carbocycles. The van der Waals surface area contributed by atoms with Crippen molar-refractivity contribution in [2.75, 3.05) is 0 Å². The largest absolute Gasteiger partial charge is 0.271 e. The van der Waals surface area contributed by atoms with Crippen LogP contribution in [-0.4, -0.2) is 16.5 Å². The van der Waals surface area contributed by atoms with Crippen LogP contribution in [0.2, 0.25) is 5.02 Å². The number of nitrogens with zero attached hydrogens (tertiary/aromatic N) is 1. The predicted molar refractivity (Wildman–Crippen MR) is 94.5 cm³/mol. The highest BCUT2D eigenvalue weighted by Gasteiger charge is 2.63. The molecule has 1 saturated carbocycles. The zero-order chi connectivity index (χ0) is 16.4. The van der Waals surface area contributed by atoms with Gasteiger partial charge in [-0.15, -0.1) is 23.2 Å². The van der Waals surface area contributed by atoms with E-state index in [1.54, 1.807) is 30.5 Å². The number of alkyl halides is 2. The second-order valence-electron chi connectivity index (χ2n) is 5.31. The second-order valence-corrected chi connectivity index (χ2v) is 7.20. The molecular weight excluding hydrogens is 355 g/mol. The summed E-state index contributed by atoms with van der Waals surface area (Å²) in [5.41, 5.74) is 4.00. The molecule has 1 aliphatic rings. The van der Waals surface area contributed by atoms with Gasteiger partial charge in [-0.1, -0.05) is 41.9 Å². The Morgan fingerprint density at radius 3 is 2.39 bits per heavy atom. The van der Waals surface area contributed by atoms with Gasteiger partial charge in [0.15, 0.2) is 0 Å². The van der Waals surface area contributed by atoms with Crippen molar-refractivity contribution in [2.24, 2.45) is 11.0 Å². The van der Waals surface area contributed by atoms with Crippen LogP contribution >= 0.6 is 34.8 Å². The molecule has 2 aromatic rings. The molecule has 0 spiro atoms. The number of hydrogen-bond donors (Lipinski definition) is 1. The Bertz CT molecular complexity index is 729. The van der Waals surface area contributed by atoms with E-state index in [9.17, 15) is 4.79 Å². The Labute approximate surface area is 149 Å². The van der Waals surface area contributed by atoms with Crippen LogP contribution in [0, 0.1) is 5.92 Å². The topological polar surface area (TPSA) is 41.5 Å². The van der Waals surface area contributed by atoms with Crippen molar-refractivity contribution in [1.29, 1.82) is 0 Å². The van der Waals surface area contributed by atoms with E-state index in [4.69, 9.17) is 34.8 Å². The molecule has 0 unspecified atom stereocenters. The SMILES string of the molecule is O=C(N/N=C\[C@@H]1[C@H](c2ccccc2)C1(Cl)Cl)c1ccc(Cl)cc1. The summed E-state index contributed by atoms with van der Waals surface area (Å²) in [5.74, 6) is -0.480. The van der Waals surface area contributed by atoms with Gasteiger partial charge in [0.05, 0.1) is 0 Å². The highest BCUT2D eigenvalue weighted by molar-refractivity contribution is 6.53. The molecule has 0 radical (unpaired) electrons. The highest BCUT2D eigenvalue weighted by atomic mass is 35.5. The summed E-state index contributed by atoms with van der Waals surface area (Å²) < 4.78 is -0.893. The summed E-state index contributed by atoms with van der Waals surface area (Å²) in [7, 11) is 0. The summed E-state index contributed by atoms with van der Waals surface area (Å²) in [5, 5.41) is 4.55. The predicted octanol–water partition coefficient (Wildman–Crippen LogP) is 4.64. The quantitative estimate of drug-likeness (QED) is 0.477. The van der Waals surface area contributed by atoms with Crippen LogP contribution in [0.1, 0.15) is 21.8 Å². The van der Waals surface area contributed by atoms with Gasteiger partial charge in [-0.3, -0.25) is 4.79 Å². The van der Waals surface area contributed by atoms with Crippen LogP contribution in [0.3, 0.4) is 0 Å². The molecule has 118 valence electrons. The first-order valence-corrected chi connectivity index (χ1v) is 8.15. The van der Waals surface area contributed by atoms with Crippen molar-refractivity contribution in [2.45, 2.75) is 10.3 Å². The zero-order valence-electron chi connectivity index (χ0n) is 11.9. The molecule has 0 aliphatic heterocycles. The van der Waals surface area contributed by atoms with Crippen LogP contribution < -0.4 is 5.43 Å². The zero-order valence-corrected chi connectivity index (χ0v) is 14.2. The molecule has 3 rings (SSSR count). The first-order chi connectivity index (χ1) is 11.0. The number of halogens is 3. The first kappa shape index (κ1) is 16.3. The molecule has 1 fully saturated rings. The van der Waals surface area contributed by atoms with Crippen LogP contribution in [0.25, 0.3) is 0 Å². The van der Waals surface area contributed by atoms with Crippen molar-refractivity contribution in [3.8, 4) is 0 Å². The fourth-order valence-corrected chi connectivity index (χ4v) is 3.36. The molecule has 1 N–H and O–H groups in total. The van der Waals surface area contributed by atoms with Gasteiger partial charge < -0.3 is 0 Å². The van der Waals surface area contributed by atoms with Crippen molar-refractivity contribution in [1.82, 2.24) is 5.43 Å². The van der Waals surface area contributed by atoms with E-state index in [-0.39, 0.29) is 17.7 Å². The molecule has 0 bridgehead atoms. The number of rotatable bonds is 4. The molecule has 1 amide bonds. The third kappa shape index (κ3) is 3.52. The molecule has 2 atom stereocenters. The fourth-order valence-electron chi connectivity index (χ4n) is 2.47. The van der Waals surface area contributed by atoms with Crippen molar-refractivity contribution >= 4 is 46.9 Å². The number of benzene rings is 2. The van der Waals surface area contributed by atoms with E-state index in [0.717, 1.165) is 5.56 Å². The Morgan fingerprint density at radius 1 is 1.09 bits per heavy atom. The van der Waals surface area contributed by atoms with Gasteiger partial charge in [-0.2, -0.15) is 5.10 Å². The van der Waals surface area contributed by atoms with Gasteiger partial charge in [-0.05, 0) is 29.8 Å². The molecule has 3 nitrogen and oxygen atoms in total. The van der Waals surface area contributed by atoms with Crippen molar-refractivity contribution < 1.29 is 4.79 Å². The van der Waals surface area contributed by atoms with Crippen molar-refractivity contribution in [3.63, 3.8) is 0 Å². The average Bonchev–Trinajstić information content (AvgIpc) is 3.09. The fraction of sp³-hybridized carbons (Fsp3) is 0.176. The second kappa shape index (κ2) is 6.52. The van der Waals surface area contributed by atoms with E-state index >= 15 is 0 Å². The van der Waals surface area contributed by atoms with Gasteiger partial charge in [0.2, 0.25) is 0 Å². The lowest BCUT2D eigenvalue weighted by Crippen LogP contribution is -2.17. The van der Waals surface area contributed by atoms with Crippen LogP contribution in [-0.2, 0) is 0 Å². The van der Waals surface area contributed by atoms with Crippen LogP contribution in [0.15, 0.2) is 59.7 Å². The number of carbonyl (C=O) groups is 1. The summed E-state index contributed by atoms with van der Waals surface area (Å²) in [4.78, 5) is 11.9. The molecule has 23 heavy (non-hydrogen) atoms. The van der Waals surface area contributed by atoms with Gasteiger partial charge in [0.1, 0.15) is 4.33 Å². The monoisotopic (exact) mass is 366 g/mol. The summed E-state index contributed by atoms with van der Waals surface area (Å²) in [6.45, 7) is 0.